The number of nitrogens with one attached hydrogen (secondary N) is 1. The number of anilines is 2. The number of carbonyl (C=O) groups is 2. The minimum absolute atomic E-state index is 0.0141. The minimum Gasteiger partial charge on any atom is -0.491 e. The molecule has 0 aromatic heterocycles. The molecule has 6 nitrogen and oxygen atoms in total. The zero-order chi connectivity index (χ0) is 22.8. The molecule has 2 aromatic rings. The molecule has 1 aliphatic heterocycles. The predicted molar refractivity (Wildman–Crippen MR) is 119 cm³/mol. The van der Waals surface area contributed by atoms with Gasteiger partial charge in [-0.15, -0.1) is 0 Å². The van der Waals surface area contributed by atoms with Crippen LogP contribution in [0.5, 0.6) is 5.75 Å². The van der Waals surface area contributed by atoms with E-state index in [-0.39, 0.29) is 30.0 Å². The third-order valence-electron chi connectivity index (χ3n) is 5.91. The lowest BCUT2D eigenvalue weighted by molar-refractivity contribution is -0.118. The molecular formula is C24H25F2N3O3. The number of amides is 1. The lowest BCUT2D eigenvalue weighted by Crippen LogP contribution is -2.53. The first-order chi connectivity index (χ1) is 15.3. The fraction of sp³-hybridized carbons (Fsp3) is 0.333. The Morgan fingerprint density at radius 1 is 1.16 bits per heavy atom. The Kier molecular flexibility index (Phi) is 6.23. The van der Waals surface area contributed by atoms with Gasteiger partial charge in [0.05, 0.1) is 13.7 Å². The summed E-state index contributed by atoms with van der Waals surface area (Å²) in [5.41, 5.74) is 3.02. The second-order valence-electron chi connectivity index (χ2n) is 8.15. The van der Waals surface area contributed by atoms with Gasteiger partial charge in [0, 0.05) is 55.6 Å². The highest BCUT2D eigenvalue weighted by atomic mass is 19.1. The van der Waals surface area contributed by atoms with Crippen molar-refractivity contribution in [2.24, 2.45) is 0 Å². The third kappa shape index (κ3) is 4.65. The molecule has 1 heterocycles. The Labute approximate surface area is 185 Å². The summed E-state index contributed by atoms with van der Waals surface area (Å²) in [7, 11) is 1.23. The van der Waals surface area contributed by atoms with Crippen molar-refractivity contribution < 1.29 is 23.1 Å². The molecule has 0 saturated carbocycles. The molecule has 1 aliphatic carbocycles. The zero-order valence-electron chi connectivity index (χ0n) is 18.0. The van der Waals surface area contributed by atoms with Gasteiger partial charge in [-0.05, 0) is 36.3 Å². The lowest BCUT2D eigenvalue weighted by Gasteiger charge is -2.40. The number of allylic oxidation sites excluding steroid dienone is 1. The molecule has 1 saturated heterocycles. The van der Waals surface area contributed by atoms with E-state index in [2.05, 4.69) is 5.32 Å². The number of piperazine rings is 1. The molecule has 0 bridgehead atoms. The third-order valence-corrected chi connectivity index (χ3v) is 5.91. The summed E-state index contributed by atoms with van der Waals surface area (Å²) in [6.07, 6.45) is 3.70. The summed E-state index contributed by atoms with van der Waals surface area (Å²) in [5.74, 6) is -1.92. The van der Waals surface area contributed by atoms with Crippen molar-refractivity contribution in [2.75, 3.05) is 43.5 Å². The normalized spacial score (nSPS) is 18.4. The summed E-state index contributed by atoms with van der Waals surface area (Å²) >= 11 is 0. The first-order valence-corrected chi connectivity index (χ1v) is 10.5. The Morgan fingerprint density at radius 3 is 2.59 bits per heavy atom. The molecule has 0 unspecified atom stereocenters. The first kappa shape index (κ1) is 22.0. The number of hydrogen-bond acceptors (Lipinski definition) is 5. The van der Waals surface area contributed by atoms with E-state index in [1.54, 1.807) is 18.2 Å². The Balaban J connectivity index is 1.35. The monoisotopic (exact) mass is 441 g/mol. The van der Waals surface area contributed by atoms with Crippen LogP contribution in [0.1, 0.15) is 18.1 Å². The summed E-state index contributed by atoms with van der Waals surface area (Å²) in [4.78, 5) is 28.1. The lowest BCUT2D eigenvalue weighted by atomic mass is 9.96. The average molecular weight is 441 g/mol. The highest BCUT2D eigenvalue weighted by Crippen LogP contribution is 2.29. The van der Waals surface area contributed by atoms with Gasteiger partial charge in [-0.3, -0.25) is 14.5 Å². The number of halogens is 2. The molecule has 32 heavy (non-hydrogen) atoms. The molecule has 4 rings (SSSR count). The van der Waals surface area contributed by atoms with Crippen molar-refractivity contribution in [1.82, 2.24) is 4.90 Å². The molecule has 1 N–H and O–H groups in total. The van der Waals surface area contributed by atoms with Gasteiger partial charge in [0.25, 0.3) is 0 Å². The summed E-state index contributed by atoms with van der Waals surface area (Å²) in [6, 6.07) is 8.09. The predicted octanol–water partition coefficient (Wildman–Crippen LogP) is 3.26. The number of nitrogens with zero attached hydrogens (tertiary/aromatic N) is 2. The second kappa shape index (κ2) is 9.08. The van der Waals surface area contributed by atoms with E-state index in [1.807, 2.05) is 28.9 Å². The molecule has 2 aromatic carbocycles. The Hall–Kier alpha value is -3.26. The van der Waals surface area contributed by atoms with Crippen LogP contribution in [0.4, 0.5) is 20.2 Å². The highest BCUT2D eigenvalue weighted by Gasteiger charge is 2.27. The van der Waals surface area contributed by atoms with E-state index in [9.17, 15) is 18.4 Å². The minimum atomic E-state index is -0.735. The van der Waals surface area contributed by atoms with Gasteiger partial charge in [0.2, 0.25) is 5.91 Å². The van der Waals surface area contributed by atoms with Gasteiger partial charge in [0.1, 0.15) is 0 Å². The molecule has 2 aliphatic rings. The number of ether oxygens (including phenoxy) is 1. The highest BCUT2D eigenvalue weighted by molar-refractivity contribution is 5.99. The quantitative estimate of drug-likeness (QED) is 0.772. The fourth-order valence-corrected chi connectivity index (χ4v) is 4.19. The van der Waals surface area contributed by atoms with Crippen molar-refractivity contribution in [1.29, 1.82) is 0 Å². The van der Waals surface area contributed by atoms with Crippen molar-refractivity contribution in [3.8, 4) is 5.75 Å². The maximum Gasteiger partial charge on any atom is 0.238 e. The summed E-state index contributed by atoms with van der Waals surface area (Å²) in [5, 5.41) is 2.92. The van der Waals surface area contributed by atoms with Crippen LogP contribution >= 0.6 is 0 Å². The van der Waals surface area contributed by atoms with E-state index in [0.717, 1.165) is 11.1 Å². The van der Waals surface area contributed by atoms with Gasteiger partial charge in [0.15, 0.2) is 23.2 Å². The van der Waals surface area contributed by atoms with Crippen LogP contribution in [0, 0.1) is 11.6 Å². The summed E-state index contributed by atoms with van der Waals surface area (Å²) < 4.78 is 32.9. The van der Waals surface area contributed by atoms with Gasteiger partial charge in [-0.2, -0.15) is 0 Å². The molecule has 1 amide bonds. The molecular weight excluding hydrogens is 416 g/mol. The molecule has 0 spiro atoms. The fourth-order valence-electron chi connectivity index (χ4n) is 4.19. The van der Waals surface area contributed by atoms with E-state index in [1.165, 1.54) is 19.2 Å². The number of benzene rings is 2. The largest absolute Gasteiger partial charge is 0.491 e. The number of methoxy groups -OCH3 is 1. The smallest absolute Gasteiger partial charge is 0.238 e. The number of carbonyl (C=O) groups excluding carboxylic acids is 2. The molecule has 0 radical (unpaired) electrons. The SMILES string of the molecule is COc1c(F)cc(N2CCN(CC(=O)Nc3ccc4c(c3)C=CC(=O)C4)[C@H](C)C2)cc1F. The van der Waals surface area contributed by atoms with Crippen LogP contribution < -0.4 is 15.0 Å². The van der Waals surface area contributed by atoms with Crippen molar-refractivity contribution in [2.45, 2.75) is 19.4 Å². The van der Waals surface area contributed by atoms with Crippen LogP contribution in [0.3, 0.4) is 0 Å². The van der Waals surface area contributed by atoms with Gasteiger partial charge in [-0.1, -0.05) is 12.1 Å². The second-order valence-corrected chi connectivity index (χ2v) is 8.15. The van der Waals surface area contributed by atoms with Gasteiger partial charge < -0.3 is 15.0 Å². The Morgan fingerprint density at radius 2 is 1.91 bits per heavy atom. The van der Waals surface area contributed by atoms with Crippen molar-refractivity contribution >= 4 is 29.1 Å². The average Bonchev–Trinajstić information content (AvgIpc) is 2.75. The van der Waals surface area contributed by atoms with E-state index < -0.39 is 11.6 Å². The van der Waals surface area contributed by atoms with Crippen LogP contribution in [0.2, 0.25) is 0 Å². The zero-order valence-corrected chi connectivity index (χ0v) is 18.0. The van der Waals surface area contributed by atoms with Crippen LogP contribution in [0.25, 0.3) is 6.08 Å². The van der Waals surface area contributed by atoms with Gasteiger partial charge in [-0.25, -0.2) is 8.78 Å². The van der Waals surface area contributed by atoms with Crippen LogP contribution in [-0.2, 0) is 16.0 Å². The maximum atomic E-state index is 14.1. The van der Waals surface area contributed by atoms with E-state index in [0.29, 0.717) is 37.4 Å². The molecule has 1 fully saturated rings. The van der Waals surface area contributed by atoms with Crippen LogP contribution in [0.15, 0.2) is 36.4 Å². The number of ketones is 1. The molecule has 1 atom stereocenters. The van der Waals surface area contributed by atoms with E-state index >= 15 is 0 Å². The van der Waals surface area contributed by atoms with E-state index in [4.69, 9.17) is 4.74 Å². The topological polar surface area (TPSA) is 61.9 Å². The summed E-state index contributed by atoms with van der Waals surface area (Å²) in [6.45, 7) is 3.86. The van der Waals surface area contributed by atoms with Crippen molar-refractivity contribution in [3.05, 3.63) is 59.2 Å². The molecule has 8 heteroatoms. The standard InChI is InChI=1S/C24H25F2N3O3/c1-15-13-29(19-11-21(25)24(32-2)22(26)12-19)8-7-28(15)14-23(31)27-18-5-3-17-10-20(30)6-4-16(17)9-18/h3-6,9,11-12,15H,7-8,10,13-14H2,1-2H3,(H,27,31)/t15-/m1/s1. The first-order valence-electron chi connectivity index (χ1n) is 10.5. The molecule has 168 valence electrons. The number of rotatable bonds is 5. The maximum absolute atomic E-state index is 14.1. The number of hydrogen-bond donors (Lipinski definition) is 1. The number of fused-ring (bicyclic) bond motifs is 1. The Bertz CT molecular complexity index is 1060. The van der Waals surface area contributed by atoms with Gasteiger partial charge >= 0.3 is 0 Å². The van der Waals surface area contributed by atoms with Crippen molar-refractivity contribution in [3.63, 3.8) is 0 Å². The van der Waals surface area contributed by atoms with Crippen LogP contribution in [-0.4, -0.2) is 55.9 Å².